The van der Waals surface area contributed by atoms with E-state index in [0.29, 0.717) is 12.1 Å². The highest BCUT2D eigenvalue weighted by molar-refractivity contribution is 5.78. The quantitative estimate of drug-likeness (QED) is 0.808. The summed E-state index contributed by atoms with van der Waals surface area (Å²) < 4.78 is 25.8. The van der Waals surface area contributed by atoms with Crippen LogP contribution >= 0.6 is 0 Å². The van der Waals surface area contributed by atoms with E-state index in [1.54, 1.807) is 0 Å². The Labute approximate surface area is 118 Å². The van der Waals surface area contributed by atoms with Crippen LogP contribution in [-0.2, 0) is 11.2 Å². The summed E-state index contributed by atoms with van der Waals surface area (Å²) in [5.41, 5.74) is 0.105. The van der Waals surface area contributed by atoms with Gasteiger partial charge in [0.1, 0.15) is 0 Å². The minimum absolute atomic E-state index is 0.00541. The fraction of sp³-hybridized carbons (Fsp3) is 0.533. The Balaban J connectivity index is 2.57. The molecular weight excluding hydrogens is 264 g/mol. The zero-order chi connectivity index (χ0) is 15.2. The molecule has 0 atom stereocenters. The molecule has 1 rings (SSSR count). The number of aliphatic hydroxyl groups excluding tert-OH is 1. The summed E-state index contributed by atoms with van der Waals surface area (Å²) in [6.07, 6.45) is 1.50. The van der Waals surface area contributed by atoms with Crippen molar-refractivity contribution < 1.29 is 18.7 Å². The zero-order valence-corrected chi connectivity index (χ0v) is 11.9. The Bertz CT molecular complexity index is 451. The number of halogens is 2. The minimum atomic E-state index is -0.956. The number of aliphatic hydroxyl groups is 1. The van der Waals surface area contributed by atoms with Gasteiger partial charge in [-0.3, -0.25) is 4.79 Å². The van der Waals surface area contributed by atoms with E-state index >= 15 is 0 Å². The molecular formula is C15H21F2NO2. The van der Waals surface area contributed by atoms with Gasteiger partial charge in [0.2, 0.25) is 5.91 Å². The summed E-state index contributed by atoms with van der Waals surface area (Å²) in [7, 11) is 0. The van der Waals surface area contributed by atoms with Crippen molar-refractivity contribution in [2.45, 2.75) is 33.1 Å². The predicted octanol–water partition coefficient (Wildman–Crippen LogP) is 2.42. The molecule has 112 valence electrons. The summed E-state index contributed by atoms with van der Waals surface area (Å²) in [4.78, 5) is 11.8. The first kappa shape index (κ1) is 16.6. The van der Waals surface area contributed by atoms with Crippen molar-refractivity contribution in [1.29, 1.82) is 0 Å². The van der Waals surface area contributed by atoms with E-state index < -0.39 is 11.6 Å². The number of hydrogen-bond donors (Lipinski definition) is 2. The molecule has 0 fully saturated rings. The van der Waals surface area contributed by atoms with Gasteiger partial charge in [0, 0.05) is 12.0 Å². The lowest BCUT2D eigenvalue weighted by Crippen LogP contribution is -2.40. The molecule has 0 aliphatic heterocycles. The topological polar surface area (TPSA) is 49.3 Å². The Morgan fingerprint density at radius 2 is 1.90 bits per heavy atom. The molecule has 0 aliphatic rings. The van der Waals surface area contributed by atoms with Crippen molar-refractivity contribution in [2.75, 3.05) is 13.2 Å². The number of amides is 1. The first-order valence-electron chi connectivity index (χ1n) is 6.78. The summed E-state index contributed by atoms with van der Waals surface area (Å²) >= 11 is 0. The average Bonchev–Trinajstić information content (AvgIpc) is 2.45. The third-order valence-corrected chi connectivity index (χ3v) is 3.84. The highest BCUT2D eigenvalue weighted by Crippen LogP contribution is 2.24. The maximum absolute atomic E-state index is 13.0. The lowest BCUT2D eigenvalue weighted by atomic mass is 9.83. The standard InChI is InChI=1S/C15H21F2NO2/c1-3-15(4-2,10-19)9-18-14(20)8-11-5-6-12(16)13(17)7-11/h5-7,19H,3-4,8-10H2,1-2H3,(H,18,20). The van der Waals surface area contributed by atoms with E-state index in [4.69, 9.17) is 0 Å². The minimum Gasteiger partial charge on any atom is -0.396 e. The molecule has 20 heavy (non-hydrogen) atoms. The van der Waals surface area contributed by atoms with Gasteiger partial charge in [-0.1, -0.05) is 19.9 Å². The second-order valence-electron chi connectivity index (χ2n) is 5.07. The number of nitrogens with one attached hydrogen (secondary N) is 1. The van der Waals surface area contributed by atoms with Gasteiger partial charge >= 0.3 is 0 Å². The Morgan fingerprint density at radius 3 is 2.40 bits per heavy atom. The molecule has 0 unspecified atom stereocenters. The first-order chi connectivity index (χ1) is 9.46. The fourth-order valence-corrected chi connectivity index (χ4v) is 1.96. The van der Waals surface area contributed by atoms with Gasteiger partial charge in [0.25, 0.3) is 0 Å². The molecule has 2 N–H and O–H groups in total. The SMILES string of the molecule is CCC(CC)(CO)CNC(=O)Cc1ccc(F)c(F)c1. The molecule has 0 radical (unpaired) electrons. The zero-order valence-electron chi connectivity index (χ0n) is 11.9. The van der Waals surface area contributed by atoms with E-state index in [1.807, 2.05) is 13.8 Å². The van der Waals surface area contributed by atoms with Crippen LogP contribution in [0.2, 0.25) is 0 Å². The van der Waals surface area contributed by atoms with Crippen molar-refractivity contribution in [3.05, 3.63) is 35.4 Å². The van der Waals surface area contributed by atoms with Crippen LogP contribution in [0.15, 0.2) is 18.2 Å². The largest absolute Gasteiger partial charge is 0.396 e. The highest BCUT2D eigenvalue weighted by atomic mass is 19.2. The highest BCUT2D eigenvalue weighted by Gasteiger charge is 2.25. The molecule has 0 saturated heterocycles. The van der Waals surface area contributed by atoms with Crippen molar-refractivity contribution in [3.8, 4) is 0 Å². The first-order valence-corrected chi connectivity index (χ1v) is 6.78. The lowest BCUT2D eigenvalue weighted by molar-refractivity contribution is -0.121. The van der Waals surface area contributed by atoms with E-state index in [-0.39, 0.29) is 24.3 Å². The normalized spacial score (nSPS) is 11.4. The molecule has 1 amide bonds. The number of hydrogen-bond acceptors (Lipinski definition) is 2. The van der Waals surface area contributed by atoms with Crippen molar-refractivity contribution in [1.82, 2.24) is 5.32 Å². The van der Waals surface area contributed by atoms with Crippen LogP contribution in [0.1, 0.15) is 32.3 Å². The number of benzene rings is 1. The van der Waals surface area contributed by atoms with E-state index in [1.165, 1.54) is 6.07 Å². The molecule has 5 heteroatoms. The molecule has 3 nitrogen and oxygen atoms in total. The molecule has 0 bridgehead atoms. The van der Waals surface area contributed by atoms with Gasteiger partial charge in [-0.05, 0) is 30.5 Å². The molecule has 0 aromatic heterocycles. The molecule has 0 heterocycles. The van der Waals surface area contributed by atoms with E-state index in [9.17, 15) is 18.7 Å². The fourth-order valence-electron chi connectivity index (χ4n) is 1.96. The molecule has 0 aliphatic carbocycles. The summed E-state index contributed by atoms with van der Waals surface area (Å²) in [5, 5.41) is 12.1. The van der Waals surface area contributed by atoms with Crippen molar-refractivity contribution in [3.63, 3.8) is 0 Å². The third kappa shape index (κ3) is 4.27. The Kier molecular flexibility index (Phi) is 6.07. The van der Waals surface area contributed by atoms with E-state index in [2.05, 4.69) is 5.32 Å². The molecule has 1 aromatic carbocycles. The Morgan fingerprint density at radius 1 is 1.25 bits per heavy atom. The number of carbonyl (C=O) groups is 1. The summed E-state index contributed by atoms with van der Waals surface area (Å²) in [5.74, 6) is -2.15. The summed E-state index contributed by atoms with van der Waals surface area (Å²) in [6, 6.07) is 3.42. The lowest BCUT2D eigenvalue weighted by Gasteiger charge is -2.29. The smallest absolute Gasteiger partial charge is 0.224 e. The van der Waals surface area contributed by atoms with Crippen LogP contribution in [0.3, 0.4) is 0 Å². The number of rotatable bonds is 7. The van der Waals surface area contributed by atoms with Gasteiger partial charge in [-0.2, -0.15) is 0 Å². The van der Waals surface area contributed by atoms with Crippen LogP contribution in [0.25, 0.3) is 0 Å². The van der Waals surface area contributed by atoms with Crippen molar-refractivity contribution >= 4 is 5.91 Å². The summed E-state index contributed by atoms with van der Waals surface area (Å²) in [6.45, 7) is 4.30. The molecule has 0 saturated carbocycles. The predicted molar refractivity (Wildman–Crippen MR) is 73.2 cm³/mol. The van der Waals surface area contributed by atoms with Gasteiger partial charge < -0.3 is 10.4 Å². The van der Waals surface area contributed by atoms with Gasteiger partial charge in [-0.25, -0.2) is 8.78 Å². The number of carbonyl (C=O) groups excluding carboxylic acids is 1. The average molecular weight is 285 g/mol. The van der Waals surface area contributed by atoms with Gasteiger partial charge in [0.05, 0.1) is 13.0 Å². The van der Waals surface area contributed by atoms with Crippen LogP contribution in [0, 0.1) is 17.0 Å². The molecule has 0 spiro atoms. The third-order valence-electron chi connectivity index (χ3n) is 3.84. The van der Waals surface area contributed by atoms with Crippen molar-refractivity contribution in [2.24, 2.45) is 5.41 Å². The van der Waals surface area contributed by atoms with Gasteiger partial charge in [-0.15, -0.1) is 0 Å². The maximum atomic E-state index is 13.0. The van der Waals surface area contributed by atoms with Crippen LogP contribution < -0.4 is 5.32 Å². The molecule has 1 aromatic rings. The van der Waals surface area contributed by atoms with E-state index in [0.717, 1.165) is 25.0 Å². The second kappa shape index (κ2) is 7.33. The van der Waals surface area contributed by atoms with Gasteiger partial charge in [0.15, 0.2) is 11.6 Å². The van der Waals surface area contributed by atoms with Crippen LogP contribution in [0.5, 0.6) is 0 Å². The van der Waals surface area contributed by atoms with Crippen LogP contribution in [-0.4, -0.2) is 24.2 Å². The maximum Gasteiger partial charge on any atom is 0.224 e. The Hall–Kier alpha value is -1.49. The van der Waals surface area contributed by atoms with Crippen LogP contribution in [0.4, 0.5) is 8.78 Å². The second-order valence-corrected chi connectivity index (χ2v) is 5.07. The monoisotopic (exact) mass is 285 g/mol.